The lowest BCUT2D eigenvalue weighted by Crippen LogP contribution is -2.58. The molecule has 0 aromatic heterocycles. The minimum atomic E-state index is -1.32. The van der Waals surface area contributed by atoms with Crippen molar-refractivity contribution in [2.45, 2.75) is 134 Å². The Bertz CT molecular complexity index is 392. The first kappa shape index (κ1) is 28.8. The zero-order chi connectivity index (χ0) is 22.7. The summed E-state index contributed by atoms with van der Waals surface area (Å²) in [5.74, 6) is 0. The Balaban J connectivity index is 1.84. The predicted octanol–water partition coefficient (Wildman–Crippen LogP) is 3.92. The van der Waals surface area contributed by atoms with Crippen molar-refractivity contribution in [3.05, 3.63) is 6.42 Å². The van der Waals surface area contributed by atoms with E-state index in [1.807, 2.05) is 0 Å². The number of aliphatic hydroxyl groups is 4. The number of unbranched alkanes of at least 4 members (excludes halogenated alkanes) is 13. The number of aliphatic hydroxyl groups excluding tert-OH is 4. The minimum Gasteiger partial charge on any atom is -0.394 e. The lowest BCUT2D eigenvalue weighted by molar-refractivity contribution is -0.221. The molecule has 0 aliphatic carbocycles. The molecular formula is C25H49O6. The molecule has 0 bridgehead atoms. The number of hydrogen-bond donors (Lipinski definition) is 4. The lowest BCUT2D eigenvalue weighted by Gasteiger charge is -2.40. The summed E-state index contributed by atoms with van der Waals surface area (Å²) in [7, 11) is 0. The molecule has 0 saturated carbocycles. The largest absolute Gasteiger partial charge is 0.394 e. The maximum absolute atomic E-state index is 9.98. The number of ether oxygens (including phenoxy) is 2. The summed E-state index contributed by atoms with van der Waals surface area (Å²) < 4.78 is 11.1. The third kappa shape index (κ3) is 13.2. The van der Waals surface area contributed by atoms with E-state index in [2.05, 4.69) is 6.92 Å². The van der Waals surface area contributed by atoms with Crippen molar-refractivity contribution >= 4 is 0 Å². The van der Waals surface area contributed by atoms with Gasteiger partial charge < -0.3 is 29.9 Å². The zero-order valence-electron chi connectivity index (χ0n) is 19.8. The average molecular weight is 446 g/mol. The van der Waals surface area contributed by atoms with Crippen LogP contribution in [0, 0.1) is 6.42 Å². The Labute approximate surface area is 190 Å². The quantitative estimate of drug-likeness (QED) is 0.212. The first-order chi connectivity index (χ1) is 15.1. The smallest absolute Gasteiger partial charge is 0.111 e. The fourth-order valence-electron chi connectivity index (χ4n) is 4.14. The van der Waals surface area contributed by atoms with E-state index in [9.17, 15) is 20.4 Å². The van der Waals surface area contributed by atoms with Gasteiger partial charge in [0.15, 0.2) is 0 Å². The van der Waals surface area contributed by atoms with Crippen LogP contribution < -0.4 is 0 Å². The average Bonchev–Trinajstić information content (AvgIpc) is 2.78. The van der Waals surface area contributed by atoms with Gasteiger partial charge in [-0.3, -0.25) is 0 Å². The van der Waals surface area contributed by atoms with Crippen molar-refractivity contribution in [1.29, 1.82) is 0 Å². The van der Waals surface area contributed by atoms with Gasteiger partial charge in [-0.2, -0.15) is 0 Å². The molecule has 1 heterocycles. The van der Waals surface area contributed by atoms with Gasteiger partial charge in [-0.15, -0.1) is 0 Å². The molecule has 1 fully saturated rings. The van der Waals surface area contributed by atoms with Gasteiger partial charge in [0.2, 0.25) is 0 Å². The van der Waals surface area contributed by atoms with Crippen LogP contribution in [0.25, 0.3) is 0 Å². The fourth-order valence-corrected chi connectivity index (χ4v) is 4.14. The van der Waals surface area contributed by atoms with E-state index in [1.54, 1.807) is 6.42 Å². The van der Waals surface area contributed by atoms with E-state index in [4.69, 9.17) is 9.47 Å². The first-order valence-corrected chi connectivity index (χ1v) is 12.8. The molecule has 0 unspecified atom stereocenters. The van der Waals surface area contributed by atoms with Gasteiger partial charge in [-0.25, -0.2) is 0 Å². The maximum atomic E-state index is 9.98. The fraction of sp³-hybridized carbons (Fsp3) is 0.960. The molecule has 185 valence electrons. The van der Waals surface area contributed by atoms with E-state index < -0.39 is 37.1 Å². The Morgan fingerprint density at radius 2 is 1.19 bits per heavy atom. The van der Waals surface area contributed by atoms with Crippen molar-refractivity contribution < 1.29 is 29.9 Å². The van der Waals surface area contributed by atoms with Crippen molar-refractivity contribution in [1.82, 2.24) is 0 Å². The molecule has 1 radical (unpaired) electrons. The molecular weight excluding hydrogens is 396 g/mol. The summed E-state index contributed by atoms with van der Waals surface area (Å²) in [6.45, 7) is 3.14. The molecule has 0 aromatic rings. The monoisotopic (exact) mass is 445 g/mol. The van der Waals surface area contributed by atoms with Crippen LogP contribution in [0.3, 0.4) is 0 Å². The van der Waals surface area contributed by atoms with Crippen molar-refractivity contribution in [2.75, 3.05) is 19.8 Å². The first-order valence-electron chi connectivity index (χ1n) is 12.8. The molecule has 0 spiro atoms. The van der Waals surface area contributed by atoms with Crippen LogP contribution in [-0.4, -0.2) is 70.8 Å². The second-order valence-electron chi connectivity index (χ2n) is 9.03. The molecule has 6 nitrogen and oxygen atoms in total. The number of hydrogen-bond acceptors (Lipinski definition) is 6. The molecule has 0 amide bonds. The highest BCUT2D eigenvalue weighted by atomic mass is 16.5. The van der Waals surface area contributed by atoms with Crippen LogP contribution in [0.15, 0.2) is 0 Å². The standard InChI is InChI=1S/C25H49O6/c1-2-3-4-5-6-7-8-9-10-11-12-13-14-15-18-30-19-16-17-21-23(27)25(29)24(28)22(20-26)31-21/h17,21-29H,2-16,18-20H2,1H3/t21-,22+,23-,24-,25+/m0/s1. The minimum absolute atomic E-state index is 0.398. The zero-order valence-corrected chi connectivity index (χ0v) is 19.8. The highest BCUT2D eigenvalue weighted by Crippen LogP contribution is 2.23. The molecule has 1 saturated heterocycles. The molecule has 1 rings (SSSR count). The highest BCUT2D eigenvalue weighted by Gasteiger charge is 2.42. The van der Waals surface area contributed by atoms with Gasteiger partial charge in [0.1, 0.15) is 24.4 Å². The summed E-state index contributed by atoms with van der Waals surface area (Å²) in [6.07, 6.45) is 15.7. The van der Waals surface area contributed by atoms with Gasteiger partial charge in [0, 0.05) is 13.2 Å². The molecule has 5 atom stereocenters. The number of rotatable bonds is 20. The summed E-state index contributed by atoms with van der Waals surface area (Å²) in [4.78, 5) is 0. The van der Waals surface area contributed by atoms with Gasteiger partial charge >= 0.3 is 0 Å². The Hall–Kier alpha value is -0.240. The third-order valence-corrected chi connectivity index (χ3v) is 6.23. The van der Waals surface area contributed by atoms with Crippen LogP contribution in [0.4, 0.5) is 0 Å². The van der Waals surface area contributed by atoms with Crippen LogP contribution in [0.5, 0.6) is 0 Å². The van der Waals surface area contributed by atoms with Crippen LogP contribution >= 0.6 is 0 Å². The predicted molar refractivity (Wildman–Crippen MR) is 124 cm³/mol. The summed E-state index contributed by atoms with van der Waals surface area (Å²) >= 11 is 0. The lowest BCUT2D eigenvalue weighted by atomic mass is 9.93. The second-order valence-corrected chi connectivity index (χ2v) is 9.03. The van der Waals surface area contributed by atoms with Gasteiger partial charge in [0.25, 0.3) is 0 Å². The van der Waals surface area contributed by atoms with Gasteiger partial charge in [-0.05, 0) is 19.3 Å². The summed E-state index contributed by atoms with van der Waals surface area (Å²) in [6, 6.07) is 0. The summed E-state index contributed by atoms with van der Waals surface area (Å²) in [5.41, 5.74) is 0. The van der Waals surface area contributed by atoms with E-state index in [0.717, 1.165) is 13.0 Å². The SMILES string of the molecule is CCCCCCCCCCCCCCCCOCC[CH][C@@H]1O[C@H](CO)[C@H](O)[C@H](O)[C@H]1O. The highest BCUT2D eigenvalue weighted by molar-refractivity contribution is 4.97. The van der Waals surface area contributed by atoms with Crippen molar-refractivity contribution in [2.24, 2.45) is 0 Å². The topological polar surface area (TPSA) is 99.4 Å². The van der Waals surface area contributed by atoms with Gasteiger partial charge in [-0.1, -0.05) is 90.4 Å². The van der Waals surface area contributed by atoms with Crippen molar-refractivity contribution in [3.63, 3.8) is 0 Å². The van der Waals surface area contributed by atoms with E-state index in [1.165, 1.54) is 83.5 Å². The van der Waals surface area contributed by atoms with Crippen LogP contribution in [-0.2, 0) is 9.47 Å². The van der Waals surface area contributed by atoms with Crippen LogP contribution in [0.1, 0.15) is 103 Å². The Kier molecular flexibility index (Phi) is 17.9. The maximum Gasteiger partial charge on any atom is 0.111 e. The molecule has 6 heteroatoms. The second kappa shape index (κ2) is 19.2. The molecule has 1 aliphatic heterocycles. The summed E-state index contributed by atoms with van der Waals surface area (Å²) in [5, 5.41) is 38.7. The van der Waals surface area contributed by atoms with Crippen molar-refractivity contribution in [3.8, 4) is 0 Å². The van der Waals surface area contributed by atoms with Gasteiger partial charge in [0.05, 0.1) is 12.7 Å². The third-order valence-electron chi connectivity index (χ3n) is 6.23. The van der Waals surface area contributed by atoms with E-state index in [-0.39, 0.29) is 0 Å². The molecule has 1 aliphatic rings. The molecule has 0 aromatic carbocycles. The van der Waals surface area contributed by atoms with E-state index in [0.29, 0.717) is 13.0 Å². The van der Waals surface area contributed by atoms with Crippen LogP contribution in [0.2, 0.25) is 0 Å². The molecule has 4 N–H and O–H groups in total. The molecule has 31 heavy (non-hydrogen) atoms. The Morgan fingerprint density at radius 3 is 1.71 bits per heavy atom. The van der Waals surface area contributed by atoms with E-state index >= 15 is 0 Å². The Morgan fingerprint density at radius 1 is 0.677 bits per heavy atom. The normalized spacial score (nSPS) is 26.4.